The van der Waals surface area contributed by atoms with Crippen molar-refractivity contribution in [1.82, 2.24) is 9.88 Å². The summed E-state index contributed by atoms with van der Waals surface area (Å²) in [6.07, 6.45) is 8.85. The highest BCUT2D eigenvalue weighted by Crippen LogP contribution is 2.40. The summed E-state index contributed by atoms with van der Waals surface area (Å²) in [5, 5.41) is 12.2. The minimum atomic E-state index is -3.85. The van der Waals surface area contributed by atoms with Gasteiger partial charge in [0, 0.05) is 48.7 Å². The highest BCUT2D eigenvalue weighted by molar-refractivity contribution is 7.98. The normalized spacial score (nSPS) is 17.9. The first-order chi connectivity index (χ1) is 21.8. The lowest BCUT2D eigenvalue weighted by atomic mass is 9.83. The predicted molar refractivity (Wildman–Crippen MR) is 182 cm³/mol. The number of aliphatic hydroxyl groups is 1. The molecule has 2 aliphatic rings. The molecule has 0 spiro atoms. The smallest absolute Gasteiger partial charge is 0.210 e. The Bertz CT molecular complexity index is 1700. The van der Waals surface area contributed by atoms with Crippen LogP contribution in [0.3, 0.4) is 0 Å². The van der Waals surface area contributed by atoms with Crippen LogP contribution in [0.1, 0.15) is 51.0 Å². The fraction of sp³-hybridized carbons (Fsp3) is 0.417. The first-order valence-corrected chi connectivity index (χ1v) is 18.7. The zero-order valence-corrected chi connectivity index (χ0v) is 27.8. The topological polar surface area (TPSA) is 83.0 Å². The van der Waals surface area contributed by atoms with E-state index in [0.29, 0.717) is 31.2 Å². The van der Waals surface area contributed by atoms with Gasteiger partial charge in [-0.3, -0.25) is 4.98 Å². The van der Waals surface area contributed by atoms with E-state index in [4.69, 9.17) is 4.74 Å². The number of hydrogen-bond acceptors (Lipinski definition) is 8. The Morgan fingerprint density at radius 3 is 2.36 bits per heavy atom. The Hall–Kier alpha value is -3.11. The Balaban J connectivity index is 1.24. The van der Waals surface area contributed by atoms with E-state index in [1.165, 1.54) is 0 Å². The molecule has 0 saturated carbocycles. The average Bonchev–Trinajstić information content (AvgIpc) is 3.08. The summed E-state index contributed by atoms with van der Waals surface area (Å²) in [4.78, 5) is 11.0. The van der Waals surface area contributed by atoms with Crippen molar-refractivity contribution in [2.45, 2.75) is 71.8 Å². The van der Waals surface area contributed by atoms with Gasteiger partial charge in [0.15, 0.2) is 0 Å². The monoisotopic (exact) mass is 645 g/mol. The van der Waals surface area contributed by atoms with Crippen molar-refractivity contribution < 1.29 is 18.3 Å². The number of piperidine rings is 2. The molecule has 1 N–H and O–H groups in total. The van der Waals surface area contributed by atoms with Crippen LogP contribution in [0.5, 0.6) is 5.75 Å². The fourth-order valence-electron chi connectivity index (χ4n) is 6.72. The maximum atomic E-state index is 14.2. The molecule has 1 aromatic heterocycles. The number of rotatable bonds is 10. The maximum Gasteiger partial charge on any atom is 0.210 e. The summed E-state index contributed by atoms with van der Waals surface area (Å²) in [5.74, 6) is 0.672. The van der Waals surface area contributed by atoms with E-state index in [1.807, 2.05) is 48.7 Å². The Morgan fingerprint density at radius 1 is 0.978 bits per heavy atom. The zero-order valence-electron chi connectivity index (χ0n) is 26.2. The second-order valence-corrected chi connectivity index (χ2v) is 15.0. The van der Waals surface area contributed by atoms with Crippen LogP contribution in [0.2, 0.25) is 0 Å². The van der Waals surface area contributed by atoms with Gasteiger partial charge in [0.05, 0.1) is 28.3 Å². The number of sulfone groups is 1. The van der Waals surface area contributed by atoms with E-state index in [2.05, 4.69) is 27.8 Å². The number of hydrogen-bond donors (Lipinski definition) is 1. The first kappa shape index (κ1) is 31.9. The maximum absolute atomic E-state index is 14.2. The third-order valence-electron chi connectivity index (χ3n) is 9.44. The molecule has 0 atom stereocenters. The Morgan fingerprint density at radius 2 is 1.69 bits per heavy atom. The second kappa shape index (κ2) is 13.7. The molecule has 0 radical (unpaired) electrons. The third-order valence-corrected chi connectivity index (χ3v) is 11.9. The van der Waals surface area contributed by atoms with E-state index >= 15 is 0 Å². The Kier molecular flexibility index (Phi) is 9.71. The molecule has 4 aromatic rings. The number of thioether (sulfide) groups is 1. The first-order valence-electron chi connectivity index (χ1n) is 16.0. The molecule has 0 bridgehead atoms. The SMILES string of the molecule is CCCCOc1ccc(S(=O)(=O)c2cnc3ccc(SC)cc3c2N2CCC(N3CCC(O)(c4ccccc4)CC3)CC2)cc1. The van der Waals surface area contributed by atoms with E-state index in [-0.39, 0.29) is 9.79 Å². The number of aromatic nitrogens is 1. The van der Waals surface area contributed by atoms with Gasteiger partial charge in [-0.25, -0.2) is 8.42 Å². The predicted octanol–water partition coefficient (Wildman–Crippen LogP) is 6.92. The molecule has 7 nitrogen and oxygen atoms in total. The van der Waals surface area contributed by atoms with Crippen molar-refractivity contribution in [2.24, 2.45) is 0 Å². The summed E-state index contributed by atoms with van der Waals surface area (Å²) in [6, 6.07) is 23.3. The molecule has 238 valence electrons. The molecule has 9 heteroatoms. The minimum Gasteiger partial charge on any atom is -0.494 e. The summed E-state index contributed by atoms with van der Waals surface area (Å²) < 4.78 is 34.2. The minimum absolute atomic E-state index is 0.239. The van der Waals surface area contributed by atoms with Crippen LogP contribution < -0.4 is 9.64 Å². The number of nitrogens with zero attached hydrogens (tertiary/aromatic N) is 3. The van der Waals surface area contributed by atoms with E-state index in [1.54, 1.807) is 42.2 Å². The molecule has 0 aliphatic carbocycles. The van der Waals surface area contributed by atoms with Crippen LogP contribution >= 0.6 is 11.8 Å². The molecular formula is C36H43N3O4S2. The molecular weight excluding hydrogens is 603 g/mol. The standard InChI is InChI=1S/C36H43N3O4S2/c1-3-4-24-43-29-10-13-31(14-11-29)45(41,42)34-26-37-33-15-12-30(44-2)25-32(33)35(34)39-20-16-28(17-21-39)38-22-18-36(40,19-23-38)27-8-6-5-7-9-27/h5-15,25-26,28,40H,3-4,16-24H2,1-2H3. The van der Waals surface area contributed by atoms with Gasteiger partial charge in [0.2, 0.25) is 9.84 Å². The number of benzene rings is 3. The average molecular weight is 646 g/mol. The van der Waals surface area contributed by atoms with E-state index in [9.17, 15) is 13.5 Å². The van der Waals surface area contributed by atoms with Crippen molar-refractivity contribution in [3.8, 4) is 5.75 Å². The van der Waals surface area contributed by atoms with Gasteiger partial charge in [-0.2, -0.15) is 0 Å². The summed E-state index contributed by atoms with van der Waals surface area (Å²) in [5.41, 5.74) is 1.77. The van der Waals surface area contributed by atoms with Crippen molar-refractivity contribution in [3.05, 3.63) is 84.6 Å². The van der Waals surface area contributed by atoms with E-state index < -0.39 is 15.4 Å². The molecule has 0 amide bonds. The van der Waals surface area contributed by atoms with Crippen LogP contribution in [0.15, 0.2) is 93.7 Å². The summed E-state index contributed by atoms with van der Waals surface area (Å²) in [7, 11) is -3.85. The zero-order chi connectivity index (χ0) is 31.4. The molecule has 2 fully saturated rings. The lowest BCUT2D eigenvalue weighted by molar-refractivity contribution is -0.0379. The molecule has 6 rings (SSSR count). The number of unbranched alkanes of at least 4 members (excludes halogenated alkanes) is 1. The van der Waals surface area contributed by atoms with Gasteiger partial charge in [-0.1, -0.05) is 43.7 Å². The van der Waals surface area contributed by atoms with Crippen molar-refractivity contribution in [1.29, 1.82) is 0 Å². The van der Waals surface area contributed by atoms with Gasteiger partial charge in [-0.15, -0.1) is 11.8 Å². The van der Waals surface area contributed by atoms with Crippen molar-refractivity contribution >= 4 is 38.2 Å². The summed E-state index contributed by atoms with van der Waals surface area (Å²) in [6.45, 7) is 5.92. The molecule has 3 heterocycles. The van der Waals surface area contributed by atoms with Crippen LogP contribution in [-0.2, 0) is 15.4 Å². The Labute approximate surface area is 271 Å². The van der Waals surface area contributed by atoms with Gasteiger partial charge in [-0.05, 0) is 86.4 Å². The van der Waals surface area contributed by atoms with Crippen LogP contribution in [0.25, 0.3) is 10.9 Å². The van der Waals surface area contributed by atoms with Gasteiger partial charge in [0.1, 0.15) is 10.6 Å². The number of likely N-dealkylation sites (tertiary alicyclic amines) is 1. The molecule has 0 unspecified atom stereocenters. The third kappa shape index (κ3) is 6.73. The quantitative estimate of drug-likeness (QED) is 0.147. The second-order valence-electron chi connectivity index (χ2n) is 12.2. The molecule has 2 aliphatic heterocycles. The van der Waals surface area contributed by atoms with Crippen molar-refractivity contribution in [3.63, 3.8) is 0 Å². The highest BCUT2D eigenvalue weighted by Gasteiger charge is 2.37. The van der Waals surface area contributed by atoms with Gasteiger partial charge in [0.25, 0.3) is 0 Å². The molecule has 3 aromatic carbocycles. The lowest BCUT2D eigenvalue weighted by Gasteiger charge is -2.45. The van der Waals surface area contributed by atoms with Gasteiger partial charge >= 0.3 is 0 Å². The van der Waals surface area contributed by atoms with Gasteiger partial charge < -0.3 is 19.6 Å². The van der Waals surface area contributed by atoms with Crippen LogP contribution in [-0.4, -0.2) is 68.5 Å². The fourth-order valence-corrected chi connectivity index (χ4v) is 8.59. The number of fused-ring (bicyclic) bond motifs is 1. The number of ether oxygens (including phenoxy) is 1. The number of pyridine rings is 1. The largest absolute Gasteiger partial charge is 0.494 e. The van der Waals surface area contributed by atoms with Crippen LogP contribution in [0, 0.1) is 0 Å². The highest BCUT2D eigenvalue weighted by atomic mass is 32.2. The van der Waals surface area contributed by atoms with Crippen LogP contribution in [0.4, 0.5) is 5.69 Å². The lowest BCUT2D eigenvalue weighted by Crippen LogP contribution is -2.50. The molecule has 45 heavy (non-hydrogen) atoms. The summed E-state index contributed by atoms with van der Waals surface area (Å²) >= 11 is 1.64. The van der Waals surface area contributed by atoms with E-state index in [0.717, 1.165) is 78.9 Å². The number of anilines is 1. The van der Waals surface area contributed by atoms with Crippen molar-refractivity contribution in [2.75, 3.05) is 43.9 Å². The molecule has 2 saturated heterocycles.